The highest BCUT2D eigenvalue weighted by atomic mass is 32.2. The predicted molar refractivity (Wildman–Crippen MR) is 169 cm³/mol. The van der Waals surface area contributed by atoms with Crippen LogP contribution in [0, 0.1) is 5.92 Å². The van der Waals surface area contributed by atoms with Gasteiger partial charge in [-0.05, 0) is 45.6 Å². The minimum Gasteiger partial charge on any atom is -0.481 e. The highest BCUT2D eigenvalue weighted by Gasteiger charge is 2.20. The van der Waals surface area contributed by atoms with E-state index in [4.69, 9.17) is 20.3 Å². The number of Topliss-reactive ketones (excluding diaryl/α,β-unsaturated/α-hetero) is 1. The first-order valence-electron chi connectivity index (χ1n) is 15.7. The van der Waals surface area contributed by atoms with Crippen molar-refractivity contribution < 1.29 is 38.6 Å². The number of ketones is 1. The smallest absolute Gasteiger partial charge is 0.303 e. The fourth-order valence-electron chi connectivity index (χ4n) is 4.05. The number of ether oxygens (including phenoxy) is 2. The van der Waals surface area contributed by atoms with Gasteiger partial charge >= 0.3 is 5.97 Å². The Bertz CT molecular complexity index is 787. The number of carbonyl (C=O) groups excluding carboxylic acids is 4. The molecule has 0 rings (SSSR count). The van der Waals surface area contributed by atoms with Crippen molar-refractivity contribution in [3.05, 3.63) is 0 Å². The lowest BCUT2D eigenvalue weighted by atomic mass is 10.1. The van der Waals surface area contributed by atoms with Gasteiger partial charge < -0.3 is 36.3 Å². The molecule has 12 nitrogen and oxygen atoms in total. The van der Waals surface area contributed by atoms with Gasteiger partial charge in [-0.15, -0.1) is 0 Å². The summed E-state index contributed by atoms with van der Waals surface area (Å²) in [6.07, 6.45) is 10.1. The molecule has 0 heterocycles. The van der Waals surface area contributed by atoms with Crippen molar-refractivity contribution in [1.29, 1.82) is 0 Å². The highest BCUT2D eigenvalue weighted by molar-refractivity contribution is 7.99. The molecule has 0 aliphatic heterocycles. The van der Waals surface area contributed by atoms with Crippen molar-refractivity contribution in [2.24, 2.45) is 11.7 Å². The number of nitrogens with one attached hydrogen (secondary N) is 3. The number of thioether (sulfide) groups is 1. The normalized spacial score (nSPS) is 12.3. The number of carboxylic acid groups (broad SMARTS) is 1. The van der Waals surface area contributed by atoms with Gasteiger partial charge in [-0.3, -0.25) is 24.0 Å². The van der Waals surface area contributed by atoms with E-state index >= 15 is 0 Å². The molecule has 0 saturated carbocycles. The first-order valence-corrected chi connectivity index (χ1v) is 16.8. The van der Waals surface area contributed by atoms with E-state index in [1.807, 2.05) is 6.92 Å². The summed E-state index contributed by atoms with van der Waals surface area (Å²) in [7, 11) is 0. The number of rotatable bonds is 30. The van der Waals surface area contributed by atoms with Crippen molar-refractivity contribution in [3.63, 3.8) is 0 Å². The zero-order chi connectivity index (χ0) is 32.1. The summed E-state index contributed by atoms with van der Waals surface area (Å²) in [5.74, 6) is -0.525. The van der Waals surface area contributed by atoms with Gasteiger partial charge in [0.1, 0.15) is 18.4 Å². The van der Waals surface area contributed by atoms with Crippen molar-refractivity contribution in [1.82, 2.24) is 16.0 Å². The SMILES string of the molecule is CC(=O)CSC[C@H](C)C(=O)NCCOCCOCC(=O)N[C@@H](CCCCN)C(=O)NCCCCCCCCCCC(=O)O. The second kappa shape index (κ2) is 28.5. The molecule has 0 aliphatic rings. The molecule has 2 atom stereocenters. The monoisotopic (exact) mass is 632 g/mol. The molecule has 0 aromatic carbocycles. The molecule has 0 radical (unpaired) electrons. The van der Waals surface area contributed by atoms with E-state index in [1.165, 1.54) is 18.7 Å². The molecule has 43 heavy (non-hydrogen) atoms. The van der Waals surface area contributed by atoms with Crippen LogP contribution in [0.3, 0.4) is 0 Å². The molecule has 0 spiro atoms. The molecule has 0 bridgehead atoms. The quantitative estimate of drug-likeness (QED) is 0.0737. The van der Waals surface area contributed by atoms with Gasteiger partial charge in [0.2, 0.25) is 17.7 Å². The predicted octanol–water partition coefficient (Wildman–Crippen LogP) is 2.42. The van der Waals surface area contributed by atoms with Crippen molar-refractivity contribution in [3.8, 4) is 0 Å². The third kappa shape index (κ3) is 27.1. The summed E-state index contributed by atoms with van der Waals surface area (Å²) in [4.78, 5) is 58.6. The van der Waals surface area contributed by atoms with Gasteiger partial charge in [-0.25, -0.2) is 0 Å². The Labute approximate surface area is 261 Å². The number of carbonyl (C=O) groups is 5. The Kier molecular flexibility index (Phi) is 27.1. The summed E-state index contributed by atoms with van der Waals surface area (Å²) in [5, 5.41) is 17.1. The number of nitrogens with two attached hydrogens (primary N) is 1. The average Bonchev–Trinajstić information content (AvgIpc) is 2.96. The molecule has 3 amide bonds. The van der Waals surface area contributed by atoms with Crippen LogP contribution in [0.5, 0.6) is 0 Å². The van der Waals surface area contributed by atoms with Crippen molar-refractivity contribution >= 4 is 41.2 Å². The third-order valence-electron chi connectivity index (χ3n) is 6.49. The molecule has 0 aliphatic carbocycles. The minimum atomic E-state index is -0.737. The standard InChI is InChI=1S/C30H56N4O8S/c1-24(22-43-23-25(2)35)29(39)33-17-18-41-19-20-42-21-27(36)34-26(13-10-11-15-31)30(40)32-16-12-8-6-4-3-5-7-9-14-28(37)38/h24,26H,3-23,31H2,1-2H3,(H,32,40)(H,33,39)(H,34,36)(H,37,38)/t24-,26-/m0/s1. The Morgan fingerprint density at radius 1 is 0.791 bits per heavy atom. The van der Waals surface area contributed by atoms with E-state index in [2.05, 4.69) is 16.0 Å². The van der Waals surface area contributed by atoms with Crippen LogP contribution in [0.25, 0.3) is 0 Å². The molecule has 6 N–H and O–H groups in total. The Morgan fingerprint density at radius 3 is 2.07 bits per heavy atom. The van der Waals surface area contributed by atoms with Crippen molar-refractivity contribution in [2.45, 2.75) is 96.9 Å². The maximum Gasteiger partial charge on any atom is 0.303 e. The number of carboxylic acids is 1. The number of amides is 3. The second-order valence-corrected chi connectivity index (χ2v) is 11.8. The Morgan fingerprint density at radius 2 is 1.42 bits per heavy atom. The second-order valence-electron chi connectivity index (χ2n) is 10.7. The summed E-state index contributed by atoms with van der Waals surface area (Å²) in [5.41, 5.74) is 5.58. The number of unbranched alkanes of at least 4 members (excludes halogenated alkanes) is 8. The molecule has 250 valence electrons. The van der Waals surface area contributed by atoms with E-state index in [-0.39, 0.29) is 55.7 Å². The fourth-order valence-corrected chi connectivity index (χ4v) is 4.97. The molecule has 0 fully saturated rings. The summed E-state index contributed by atoms with van der Waals surface area (Å²) < 4.78 is 10.8. The van der Waals surface area contributed by atoms with E-state index in [9.17, 15) is 24.0 Å². The van der Waals surface area contributed by atoms with Crippen LogP contribution in [0.15, 0.2) is 0 Å². The van der Waals surface area contributed by atoms with Crippen LogP contribution in [0.1, 0.15) is 90.9 Å². The van der Waals surface area contributed by atoms with E-state index < -0.39 is 12.0 Å². The lowest BCUT2D eigenvalue weighted by Gasteiger charge is -2.18. The maximum absolute atomic E-state index is 12.7. The van der Waals surface area contributed by atoms with Gasteiger partial charge in [0.15, 0.2) is 0 Å². The van der Waals surface area contributed by atoms with Crippen molar-refractivity contribution in [2.75, 3.05) is 57.6 Å². The minimum absolute atomic E-state index is 0.0871. The summed E-state index contributed by atoms with van der Waals surface area (Å²) >= 11 is 1.44. The molecule has 0 aromatic rings. The summed E-state index contributed by atoms with van der Waals surface area (Å²) in [6, 6.07) is -0.642. The molecule has 0 unspecified atom stereocenters. The number of hydrogen-bond donors (Lipinski definition) is 5. The van der Waals surface area contributed by atoms with E-state index in [0.29, 0.717) is 44.2 Å². The molecule has 0 aromatic heterocycles. The van der Waals surface area contributed by atoms with E-state index in [1.54, 1.807) is 0 Å². The molecular formula is C30H56N4O8S. The molecular weight excluding hydrogens is 576 g/mol. The largest absolute Gasteiger partial charge is 0.481 e. The van der Waals surface area contributed by atoms with Crippen LogP contribution in [0.2, 0.25) is 0 Å². The number of aliphatic carboxylic acids is 1. The Hall–Kier alpha value is -2.22. The average molecular weight is 633 g/mol. The van der Waals surface area contributed by atoms with Gasteiger partial charge in [0.25, 0.3) is 0 Å². The highest BCUT2D eigenvalue weighted by Crippen LogP contribution is 2.10. The lowest BCUT2D eigenvalue weighted by Crippen LogP contribution is -2.48. The van der Waals surface area contributed by atoms with Gasteiger partial charge in [0.05, 0.1) is 25.6 Å². The van der Waals surface area contributed by atoms with Crippen LogP contribution in [0.4, 0.5) is 0 Å². The fraction of sp³-hybridized carbons (Fsp3) is 0.833. The zero-order valence-corrected chi connectivity index (χ0v) is 27.1. The first kappa shape index (κ1) is 40.8. The maximum atomic E-state index is 12.7. The van der Waals surface area contributed by atoms with Crippen LogP contribution < -0.4 is 21.7 Å². The van der Waals surface area contributed by atoms with Gasteiger partial charge in [-0.1, -0.05) is 45.4 Å². The van der Waals surface area contributed by atoms with Crippen LogP contribution in [-0.2, 0) is 33.4 Å². The van der Waals surface area contributed by atoms with Crippen LogP contribution in [-0.4, -0.2) is 98.2 Å². The van der Waals surface area contributed by atoms with Crippen LogP contribution >= 0.6 is 11.8 Å². The van der Waals surface area contributed by atoms with E-state index in [0.717, 1.165) is 64.2 Å². The molecule has 0 saturated heterocycles. The first-order chi connectivity index (χ1) is 20.7. The Balaban J connectivity index is 4.02. The third-order valence-corrected chi connectivity index (χ3v) is 7.83. The molecule has 13 heteroatoms. The lowest BCUT2D eigenvalue weighted by molar-refractivity contribution is -0.137. The summed E-state index contributed by atoms with van der Waals surface area (Å²) in [6.45, 7) is 5.35. The van der Waals surface area contributed by atoms with Gasteiger partial charge in [-0.2, -0.15) is 11.8 Å². The number of hydrogen-bond acceptors (Lipinski definition) is 9. The van der Waals surface area contributed by atoms with Gasteiger partial charge in [0, 0.05) is 31.2 Å². The zero-order valence-electron chi connectivity index (χ0n) is 26.3. The topological polar surface area (TPSA) is 186 Å².